The van der Waals surface area contributed by atoms with Gasteiger partial charge in [0.15, 0.2) is 17.5 Å². The molecule has 9 aromatic rings. The molecule has 47 heavy (non-hydrogen) atoms. The Hall–Kier alpha value is -6.53. The number of benzene rings is 5. The van der Waals surface area contributed by atoms with Crippen LogP contribution in [-0.4, -0.2) is 24.9 Å². The van der Waals surface area contributed by atoms with Crippen LogP contribution in [0.3, 0.4) is 0 Å². The molecule has 0 saturated heterocycles. The van der Waals surface area contributed by atoms with Gasteiger partial charge in [0.25, 0.3) is 0 Å². The summed E-state index contributed by atoms with van der Waals surface area (Å²) in [5, 5.41) is 3.05. The minimum absolute atomic E-state index is 0.618. The van der Waals surface area contributed by atoms with Crippen molar-refractivity contribution in [1.82, 2.24) is 24.9 Å². The third kappa shape index (κ3) is 4.89. The first-order valence-corrected chi connectivity index (χ1v) is 15.4. The van der Waals surface area contributed by atoms with Gasteiger partial charge in [-0.05, 0) is 41.5 Å². The van der Waals surface area contributed by atoms with Crippen LogP contribution < -0.4 is 0 Å². The lowest BCUT2D eigenvalue weighted by Crippen LogP contribution is -2.00. The molecule has 4 aromatic heterocycles. The zero-order valence-corrected chi connectivity index (χ0v) is 25.1. The van der Waals surface area contributed by atoms with Gasteiger partial charge in [-0.25, -0.2) is 19.9 Å². The molecule has 0 aliphatic carbocycles. The first kappa shape index (κ1) is 26.8. The van der Waals surface area contributed by atoms with E-state index in [4.69, 9.17) is 29.3 Å². The summed E-state index contributed by atoms with van der Waals surface area (Å²) < 4.78 is 6.11. The van der Waals surface area contributed by atoms with Crippen molar-refractivity contribution in [2.24, 2.45) is 0 Å². The first-order chi connectivity index (χ1) is 23.3. The lowest BCUT2D eigenvalue weighted by atomic mass is 10.0. The first-order valence-electron chi connectivity index (χ1n) is 15.4. The molecule has 9 rings (SSSR count). The van der Waals surface area contributed by atoms with Gasteiger partial charge in [0.2, 0.25) is 0 Å². The molecule has 0 spiro atoms. The lowest BCUT2D eigenvalue weighted by molar-refractivity contribution is 0.668. The molecule has 0 amide bonds. The van der Waals surface area contributed by atoms with Crippen LogP contribution in [0.15, 0.2) is 156 Å². The molecule has 5 aromatic carbocycles. The van der Waals surface area contributed by atoms with E-state index in [-0.39, 0.29) is 0 Å². The smallest absolute Gasteiger partial charge is 0.164 e. The maximum Gasteiger partial charge on any atom is 0.164 e. The molecule has 0 atom stereocenters. The van der Waals surface area contributed by atoms with Crippen molar-refractivity contribution < 1.29 is 4.42 Å². The molecular weight excluding hydrogens is 578 g/mol. The van der Waals surface area contributed by atoms with E-state index < -0.39 is 0 Å². The highest BCUT2D eigenvalue weighted by Crippen LogP contribution is 2.36. The molecule has 0 fully saturated rings. The van der Waals surface area contributed by atoms with E-state index in [1.165, 1.54) is 0 Å². The number of hydrogen-bond donors (Lipinski definition) is 0. The maximum atomic E-state index is 6.11. The normalized spacial score (nSPS) is 11.4. The van der Waals surface area contributed by atoms with Crippen molar-refractivity contribution in [2.75, 3.05) is 0 Å². The van der Waals surface area contributed by atoms with Crippen molar-refractivity contribution in [3.8, 4) is 56.7 Å². The SMILES string of the molecule is c1ccc(-c2nc(-c3ccccc3)nc(-c3cccc(-c4ccc5ccc(-c6nccc7oc8ccccc8c67)nc5c4)c3)n2)cc1. The molecule has 0 saturated carbocycles. The van der Waals surface area contributed by atoms with Crippen LogP contribution in [0.25, 0.3) is 89.5 Å². The van der Waals surface area contributed by atoms with Crippen LogP contribution in [0.1, 0.15) is 0 Å². The third-order valence-electron chi connectivity index (χ3n) is 8.38. The molecule has 0 aliphatic heterocycles. The number of furan rings is 1. The predicted octanol–water partition coefficient (Wildman–Crippen LogP) is 10.0. The number of nitrogens with zero attached hydrogens (tertiary/aromatic N) is 5. The highest BCUT2D eigenvalue weighted by atomic mass is 16.3. The molecule has 220 valence electrons. The van der Waals surface area contributed by atoms with E-state index in [1.54, 1.807) is 6.20 Å². The van der Waals surface area contributed by atoms with Crippen molar-refractivity contribution in [3.05, 3.63) is 152 Å². The largest absolute Gasteiger partial charge is 0.456 e. The van der Waals surface area contributed by atoms with E-state index in [1.807, 2.05) is 103 Å². The Morgan fingerprint density at radius 3 is 1.81 bits per heavy atom. The quantitative estimate of drug-likeness (QED) is 0.195. The molecule has 0 N–H and O–H groups in total. The number of rotatable bonds is 5. The summed E-state index contributed by atoms with van der Waals surface area (Å²) in [6, 6.07) is 48.8. The average molecular weight is 604 g/mol. The van der Waals surface area contributed by atoms with Crippen LogP contribution in [0.2, 0.25) is 0 Å². The standard InChI is InChI=1S/C41H25N5O/c1-3-10-27(11-4-1)39-44-40(28-12-5-2-6-13-28)46-41(45-39)31-15-9-14-29(24-31)30-19-18-26-20-21-33(43-34(26)25-30)38-37-32-16-7-8-17-35(32)47-36(37)22-23-42-38/h1-25H. The topological polar surface area (TPSA) is 77.6 Å². The minimum atomic E-state index is 0.618. The molecule has 0 aliphatic rings. The fourth-order valence-electron chi connectivity index (χ4n) is 6.07. The van der Waals surface area contributed by atoms with E-state index in [2.05, 4.69) is 42.5 Å². The van der Waals surface area contributed by atoms with Crippen molar-refractivity contribution in [1.29, 1.82) is 0 Å². The molecule has 6 heteroatoms. The van der Waals surface area contributed by atoms with Crippen LogP contribution in [0, 0.1) is 0 Å². The van der Waals surface area contributed by atoms with Crippen molar-refractivity contribution >= 4 is 32.8 Å². The summed E-state index contributed by atoms with van der Waals surface area (Å²) >= 11 is 0. The number of para-hydroxylation sites is 1. The van der Waals surface area contributed by atoms with E-state index >= 15 is 0 Å². The third-order valence-corrected chi connectivity index (χ3v) is 8.38. The Bertz CT molecular complexity index is 2520. The summed E-state index contributed by atoms with van der Waals surface area (Å²) in [5.41, 5.74) is 9.00. The van der Waals surface area contributed by atoms with Gasteiger partial charge >= 0.3 is 0 Å². The van der Waals surface area contributed by atoms with Gasteiger partial charge < -0.3 is 4.42 Å². The second-order valence-electron chi connectivity index (χ2n) is 11.4. The molecule has 4 heterocycles. The molecule has 0 unspecified atom stereocenters. The Labute approximate surface area is 270 Å². The van der Waals surface area contributed by atoms with Crippen LogP contribution in [0.4, 0.5) is 0 Å². The molecular formula is C41H25N5O. The predicted molar refractivity (Wildman–Crippen MR) is 187 cm³/mol. The Kier molecular flexibility index (Phi) is 6.35. The molecule has 6 nitrogen and oxygen atoms in total. The average Bonchev–Trinajstić information content (AvgIpc) is 3.54. The zero-order valence-electron chi connectivity index (χ0n) is 25.1. The van der Waals surface area contributed by atoms with E-state index in [9.17, 15) is 0 Å². The van der Waals surface area contributed by atoms with Crippen molar-refractivity contribution in [3.63, 3.8) is 0 Å². The number of fused-ring (bicyclic) bond motifs is 4. The van der Waals surface area contributed by atoms with Crippen molar-refractivity contribution in [2.45, 2.75) is 0 Å². The monoisotopic (exact) mass is 603 g/mol. The second kappa shape index (κ2) is 11.1. The second-order valence-corrected chi connectivity index (χ2v) is 11.4. The Morgan fingerprint density at radius 1 is 0.426 bits per heavy atom. The molecule has 0 bridgehead atoms. The van der Waals surface area contributed by atoms with Gasteiger partial charge in [-0.1, -0.05) is 115 Å². The summed E-state index contributed by atoms with van der Waals surface area (Å²) in [6.45, 7) is 0. The minimum Gasteiger partial charge on any atom is -0.456 e. The maximum absolute atomic E-state index is 6.11. The van der Waals surface area contributed by atoms with Crippen LogP contribution >= 0.6 is 0 Å². The fraction of sp³-hybridized carbons (Fsp3) is 0. The summed E-state index contributed by atoms with van der Waals surface area (Å²) in [4.78, 5) is 24.5. The van der Waals surface area contributed by atoms with Gasteiger partial charge in [-0.15, -0.1) is 0 Å². The fourth-order valence-corrected chi connectivity index (χ4v) is 6.07. The van der Waals surface area contributed by atoms with E-state index in [0.29, 0.717) is 17.5 Å². The zero-order chi connectivity index (χ0) is 31.2. The van der Waals surface area contributed by atoms with Crippen LogP contribution in [0.5, 0.6) is 0 Å². The van der Waals surface area contributed by atoms with Gasteiger partial charge in [0.05, 0.1) is 16.6 Å². The van der Waals surface area contributed by atoms with E-state index in [0.717, 1.165) is 72.0 Å². The van der Waals surface area contributed by atoms with Crippen LogP contribution in [-0.2, 0) is 0 Å². The summed E-state index contributed by atoms with van der Waals surface area (Å²) in [5.74, 6) is 1.89. The van der Waals surface area contributed by atoms with Gasteiger partial charge in [0.1, 0.15) is 16.9 Å². The molecule has 0 radical (unpaired) electrons. The highest BCUT2D eigenvalue weighted by molar-refractivity contribution is 6.11. The van der Waals surface area contributed by atoms with Gasteiger partial charge in [-0.2, -0.15) is 0 Å². The lowest BCUT2D eigenvalue weighted by Gasteiger charge is -2.10. The highest BCUT2D eigenvalue weighted by Gasteiger charge is 2.16. The van der Waals surface area contributed by atoms with Gasteiger partial charge in [-0.3, -0.25) is 4.98 Å². The number of hydrogen-bond acceptors (Lipinski definition) is 6. The number of pyridine rings is 2. The number of aromatic nitrogens is 5. The summed E-state index contributed by atoms with van der Waals surface area (Å²) in [7, 11) is 0. The Balaban J connectivity index is 1.14. The summed E-state index contributed by atoms with van der Waals surface area (Å²) in [6.07, 6.45) is 1.78. The Morgan fingerprint density at radius 2 is 1.04 bits per heavy atom. The van der Waals surface area contributed by atoms with Gasteiger partial charge in [0, 0.05) is 33.7 Å².